The quantitative estimate of drug-likeness (QED) is 0.303. The molecule has 160 valence electrons. The van der Waals surface area contributed by atoms with Crippen LogP contribution in [0.4, 0.5) is 0 Å². The van der Waals surface area contributed by atoms with Gasteiger partial charge >= 0.3 is 0 Å². The van der Waals surface area contributed by atoms with Crippen LogP contribution in [0.1, 0.15) is 30.3 Å². The zero-order valence-electron chi connectivity index (χ0n) is 17.9. The average Bonchev–Trinajstić information content (AvgIpc) is 3.47. The number of aryl methyl sites for hydroxylation is 2. The van der Waals surface area contributed by atoms with Gasteiger partial charge < -0.3 is 4.57 Å². The van der Waals surface area contributed by atoms with Gasteiger partial charge in [-0.1, -0.05) is 37.3 Å². The maximum absolute atomic E-state index is 4.98. The molecule has 2 aromatic carbocycles. The summed E-state index contributed by atoms with van der Waals surface area (Å²) in [5.74, 6) is 1.68. The van der Waals surface area contributed by atoms with Crippen molar-refractivity contribution >= 4 is 33.6 Å². The largest absolute Gasteiger partial charge is 0.323 e. The second kappa shape index (κ2) is 8.78. The predicted octanol–water partition coefficient (Wildman–Crippen LogP) is 5.19. The molecular formula is C24H22IN7. The van der Waals surface area contributed by atoms with Gasteiger partial charge in [-0.2, -0.15) is 5.21 Å². The maximum Gasteiger partial charge on any atom is 0.205 e. The highest BCUT2D eigenvalue weighted by atomic mass is 127. The molecule has 32 heavy (non-hydrogen) atoms. The molecule has 8 heteroatoms. The van der Waals surface area contributed by atoms with Gasteiger partial charge in [0.05, 0.1) is 23.3 Å². The fourth-order valence-corrected chi connectivity index (χ4v) is 4.41. The number of rotatable bonds is 6. The van der Waals surface area contributed by atoms with Crippen LogP contribution in [-0.4, -0.2) is 35.2 Å². The third kappa shape index (κ3) is 3.79. The molecule has 0 saturated carbocycles. The lowest BCUT2D eigenvalue weighted by molar-refractivity contribution is 0.720. The Hall–Kier alpha value is -3.14. The number of hydrogen-bond donors (Lipinski definition) is 1. The monoisotopic (exact) mass is 535 g/mol. The van der Waals surface area contributed by atoms with Gasteiger partial charge in [-0.15, -0.1) is 10.2 Å². The van der Waals surface area contributed by atoms with E-state index in [4.69, 9.17) is 9.97 Å². The number of fused-ring (bicyclic) bond motifs is 1. The Kier molecular flexibility index (Phi) is 5.69. The number of benzene rings is 2. The van der Waals surface area contributed by atoms with Crippen LogP contribution in [0.5, 0.6) is 0 Å². The number of halogens is 1. The van der Waals surface area contributed by atoms with Crippen molar-refractivity contribution in [3.63, 3.8) is 0 Å². The number of nitrogens with zero attached hydrogens (tertiary/aromatic N) is 6. The van der Waals surface area contributed by atoms with Crippen molar-refractivity contribution in [2.75, 3.05) is 0 Å². The maximum atomic E-state index is 4.98. The molecule has 0 bridgehead atoms. The van der Waals surface area contributed by atoms with Gasteiger partial charge in [-0.25, -0.2) is 4.98 Å². The lowest BCUT2D eigenvalue weighted by Crippen LogP contribution is -2.05. The Balaban J connectivity index is 1.50. The highest BCUT2D eigenvalue weighted by molar-refractivity contribution is 14.1. The minimum absolute atomic E-state index is 0.561. The fraction of sp³-hybridized carbons (Fsp3) is 0.208. The summed E-state index contributed by atoms with van der Waals surface area (Å²) in [6.07, 6.45) is 3.96. The van der Waals surface area contributed by atoms with E-state index in [1.807, 2.05) is 30.5 Å². The minimum atomic E-state index is 0.561. The highest BCUT2D eigenvalue weighted by Gasteiger charge is 2.15. The van der Waals surface area contributed by atoms with E-state index >= 15 is 0 Å². The van der Waals surface area contributed by atoms with E-state index < -0.39 is 0 Å². The number of aromatic amines is 1. The van der Waals surface area contributed by atoms with Crippen molar-refractivity contribution in [2.24, 2.45) is 0 Å². The van der Waals surface area contributed by atoms with Crippen LogP contribution < -0.4 is 0 Å². The summed E-state index contributed by atoms with van der Waals surface area (Å²) in [5, 5.41) is 14.4. The molecule has 7 nitrogen and oxygen atoms in total. The molecule has 3 heterocycles. The van der Waals surface area contributed by atoms with Gasteiger partial charge in [0.1, 0.15) is 5.82 Å². The normalized spacial score (nSPS) is 11.3. The molecule has 0 radical (unpaired) electrons. The zero-order chi connectivity index (χ0) is 22.1. The molecule has 3 aromatic heterocycles. The number of pyridine rings is 1. The van der Waals surface area contributed by atoms with Gasteiger partial charge in [-0.05, 0) is 70.5 Å². The lowest BCUT2D eigenvalue weighted by atomic mass is 10.0. The second-order valence-electron chi connectivity index (χ2n) is 7.74. The molecule has 1 N–H and O–H groups in total. The van der Waals surface area contributed by atoms with E-state index in [2.05, 4.69) is 85.9 Å². The molecule has 0 unspecified atom stereocenters. The van der Waals surface area contributed by atoms with Crippen molar-refractivity contribution in [2.45, 2.75) is 33.2 Å². The standard InChI is InChI=1S/C24H22IN7/c1-3-6-22-27-23-15(2)19(25)10-12-21(23)32(22)14-16-9-11-20(26-13-16)17-7-4-5-8-18(17)24-28-30-31-29-24/h4-5,7-13H,3,6,14H2,1-2H3,(H,28,29,30,31). The average molecular weight is 535 g/mol. The van der Waals surface area contributed by atoms with E-state index in [0.717, 1.165) is 53.1 Å². The van der Waals surface area contributed by atoms with E-state index in [1.54, 1.807) is 0 Å². The summed E-state index contributed by atoms with van der Waals surface area (Å²) in [6, 6.07) is 16.5. The number of nitrogens with one attached hydrogen (secondary N) is 1. The summed E-state index contributed by atoms with van der Waals surface area (Å²) in [6.45, 7) is 5.08. The molecular weight excluding hydrogens is 513 g/mol. The van der Waals surface area contributed by atoms with Gasteiger partial charge in [0.15, 0.2) is 0 Å². The van der Waals surface area contributed by atoms with Crippen LogP contribution >= 0.6 is 22.6 Å². The molecule has 0 spiro atoms. The Bertz CT molecular complexity index is 1370. The first-order valence-corrected chi connectivity index (χ1v) is 11.7. The second-order valence-corrected chi connectivity index (χ2v) is 8.90. The molecule has 0 amide bonds. The topological polar surface area (TPSA) is 85.2 Å². The first-order chi connectivity index (χ1) is 15.7. The molecule has 0 aliphatic heterocycles. The van der Waals surface area contributed by atoms with E-state index in [1.165, 1.54) is 14.7 Å². The molecule has 0 atom stereocenters. The molecule has 0 saturated heterocycles. The van der Waals surface area contributed by atoms with E-state index in [9.17, 15) is 0 Å². The summed E-state index contributed by atoms with van der Waals surface area (Å²) in [5.41, 5.74) is 7.41. The number of imidazole rings is 1. The zero-order valence-corrected chi connectivity index (χ0v) is 20.0. The van der Waals surface area contributed by atoms with Gasteiger partial charge in [0.25, 0.3) is 0 Å². The van der Waals surface area contributed by atoms with Crippen molar-refractivity contribution in [3.8, 4) is 22.6 Å². The predicted molar refractivity (Wildman–Crippen MR) is 133 cm³/mol. The SMILES string of the molecule is CCCc1nc2c(C)c(I)ccc2n1Cc1ccc(-c2ccccc2-c2nn[nH]n2)nc1. The molecule has 0 aliphatic rings. The number of tetrazole rings is 1. The molecule has 0 fully saturated rings. The van der Waals surface area contributed by atoms with Gasteiger partial charge in [-0.3, -0.25) is 4.98 Å². The van der Waals surface area contributed by atoms with Crippen LogP contribution in [0.25, 0.3) is 33.7 Å². The Labute approximate surface area is 199 Å². The van der Waals surface area contributed by atoms with Crippen LogP contribution in [0, 0.1) is 10.5 Å². The number of hydrogen-bond acceptors (Lipinski definition) is 5. The Morgan fingerprint density at radius 2 is 1.88 bits per heavy atom. The lowest BCUT2D eigenvalue weighted by Gasteiger charge is -2.11. The smallest absolute Gasteiger partial charge is 0.205 e. The first-order valence-electron chi connectivity index (χ1n) is 10.6. The number of aromatic nitrogens is 7. The Morgan fingerprint density at radius 1 is 1.03 bits per heavy atom. The summed E-state index contributed by atoms with van der Waals surface area (Å²) in [4.78, 5) is 9.75. The first kappa shape index (κ1) is 20.7. The minimum Gasteiger partial charge on any atom is -0.323 e. The summed E-state index contributed by atoms with van der Waals surface area (Å²) < 4.78 is 3.57. The van der Waals surface area contributed by atoms with Crippen LogP contribution in [-0.2, 0) is 13.0 Å². The van der Waals surface area contributed by atoms with Gasteiger partial charge in [0.2, 0.25) is 5.82 Å². The summed E-state index contributed by atoms with van der Waals surface area (Å²) in [7, 11) is 0. The Morgan fingerprint density at radius 3 is 2.59 bits per heavy atom. The third-order valence-corrected chi connectivity index (χ3v) is 6.78. The molecule has 5 aromatic rings. The van der Waals surface area contributed by atoms with E-state index in [0.29, 0.717) is 5.82 Å². The van der Waals surface area contributed by atoms with Crippen molar-refractivity contribution < 1.29 is 0 Å². The van der Waals surface area contributed by atoms with Crippen LogP contribution in [0.2, 0.25) is 0 Å². The van der Waals surface area contributed by atoms with Crippen LogP contribution in [0.15, 0.2) is 54.7 Å². The van der Waals surface area contributed by atoms with E-state index in [-0.39, 0.29) is 0 Å². The summed E-state index contributed by atoms with van der Waals surface area (Å²) >= 11 is 2.38. The third-order valence-electron chi connectivity index (χ3n) is 5.62. The van der Waals surface area contributed by atoms with Crippen molar-refractivity contribution in [1.29, 1.82) is 0 Å². The fourth-order valence-electron chi connectivity index (χ4n) is 3.98. The van der Waals surface area contributed by atoms with Crippen LogP contribution in [0.3, 0.4) is 0 Å². The molecule has 0 aliphatic carbocycles. The van der Waals surface area contributed by atoms with Crippen molar-refractivity contribution in [1.82, 2.24) is 35.2 Å². The van der Waals surface area contributed by atoms with Crippen molar-refractivity contribution in [3.05, 3.63) is 75.2 Å². The van der Waals surface area contributed by atoms with Gasteiger partial charge in [0, 0.05) is 27.3 Å². The molecule has 5 rings (SSSR count). The number of H-pyrrole nitrogens is 1. The highest BCUT2D eigenvalue weighted by Crippen LogP contribution is 2.29.